The molecule has 138 valence electrons. The molecule has 3 aliphatic heterocycles. The summed E-state index contributed by atoms with van der Waals surface area (Å²) in [5.41, 5.74) is 2.12. The number of carbonyl (C=O) groups is 1. The minimum atomic E-state index is -0.0912. The Labute approximate surface area is 148 Å². The maximum atomic E-state index is 12.9. The highest BCUT2D eigenvalue weighted by molar-refractivity contribution is 5.78. The number of likely N-dealkylation sites (tertiary alicyclic amines) is 1. The van der Waals surface area contributed by atoms with E-state index >= 15 is 0 Å². The number of ether oxygens (including phenoxy) is 1. The van der Waals surface area contributed by atoms with E-state index in [2.05, 4.69) is 10.1 Å². The van der Waals surface area contributed by atoms with Gasteiger partial charge in [0.05, 0.1) is 31.4 Å². The lowest BCUT2D eigenvalue weighted by Crippen LogP contribution is -2.47. The maximum absolute atomic E-state index is 12.9. The van der Waals surface area contributed by atoms with Crippen LogP contribution in [0.2, 0.25) is 0 Å². The molecular weight excluding hydrogens is 322 g/mol. The first-order valence-electron chi connectivity index (χ1n) is 9.29. The molecule has 25 heavy (non-hydrogen) atoms. The van der Waals surface area contributed by atoms with Crippen LogP contribution in [-0.4, -0.2) is 60.5 Å². The van der Waals surface area contributed by atoms with E-state index in [0.717, 1.165) is 50.5 Å². The summed E-state index contributed by atoms with van der Waals surface area (Å²) in [6.45, 7) is 9.25. The number of hydrogen-bond donors (Lipinski definition) is 0. The predicted octanol–water partition coefficient (Wildman–Crippen LogP) is 1.54. The fraction of sp³-hybridized carbons (Fsp3) is 0.778. The summed E-state index contributed by atoms with van der Waals surface area (Å²) in [4.78, 5) is 20.9. The van der Waals surface area contributed by atoms with Gasteiger partial charge in [-0.2, -0.15) is 0 Å². The predicted molar refractivity (Wildman–Crippen MR) is 89.4 cm³/mol. The van der Waals surface area contributed by atoms with Crippen LogP contribution in [0.3, 0.4) is 0 Å². The van der Waals surface area contributed by atoms with Crippen LogP contribution in [0.5, 0.6) is 0 Å². The van der Waals surface area contributed by atoms with Gasteiger partial charge in [0.15, 0.2) is 0 Å². The smallest absolute Gasteiger partial charge is 0.251 e. The van der Waals surface area contributed by atoms with Crippen LogP contribution in [-0.2, 0) is 20.9 Å². The third kappa shape index (κ3) is 3.32. The van der Waals surface area contributed by atoms with Gasteiger partial charge in [0.2, 0.25) is 0 Å². The normalized spacial score (nSPS) is 30.5. The lowest BCUT2D eigenvalue weighted by molar-refractivity contribution is -0.207. The van der Waals surface area contributed by atoms with Gasteiger partial charge in [0, 0.05) is 31.7 Å². The average molecular weight is 349 g/mol. The summed E-state index contributed by atoms with van der Waals surface area (Å²) < 4.78 is 11.1. The van der Waals surface area contributed by atoms with Gasteiger partial charge < -0.3 is 9.26 Å². The van der Waals surface area contributed by atoms with Crippen molar-refractivity contribution in [1.82, 2.24) is 15.1 Å². The van der Waals surface area contributed by atoms with Crippen LogP contribution in [0.15, 0.2) is 4.52 Å². The minimum Gasteiger partial charge on any atom is -0.380 e. The van der Waals surface area contributed by atoms with E-state index in [1.54, 1.807) is 5.06 Å². The van der Waals surface area contributed by atoms with Crippen molar-refractivity contribution in [1.29, 1.82) is 0 Å². The first kappa shape index (κ1) is 17.0. The van der Waals surface area contributed by atoms with Gasteiger partial charge in [0.1, 0.15) is 5.76 Å². The number of hydrogen-bond acceptors (Lipinski definition) is 6. The number of aromatic nitrogens is 1. The molecule has 0 radical (unpaired) electrons. The summed E-state index contributed by atoms with van der Waals surface area (Å²) in [5.74, 6) is 1.65. The second-order valence-electron chi connectivity index (χ2n) is 7.55. The Bertz CT molecular complexity index is 606. The topological polar surface area (TPSA) is 68.0 Å². The van der Waals surface area contributed by atoms with Gasteiger partial charge in [0.25, 0.3) is 5.91 Å². The van der Waals surface area contributed by atoms with E-state index in [-0.39, 0.29) is 11.8 Å². The SMILES string of the molecule is Cc1noc(C)c1CN1C[C@@H]2COC[C@@H](C(=O)N3CCCCO3)[C@@H]2C1. The zero-order valence-corrected chi connectivity index (χ0v) is 15.1. The van der Waals surface area contributed by atoms with Crippen LogP contribution in [0.4, 0.5) is 0 Å². The highest BCUT2D eigenvalue weighted by Crippen LogP contribution is 2.36. The molecule has 3 saturated heterocycles. The number of nitrogens with zero attached hydrogens (tertiary/aromatic N) is 3. The summed E-state index contributed by atoms with van der Waals surface area (Å²) in [6, 6.07) is 0. The summed E-state index contributed by atoms with van der Waals surface area (Å²) in [7, 11) is 0. The van der Waals surface area contributed by atoms with E-state index < -0.39 is 0 Å². The Morgan fingerprint density at radius 3 is 2.84 bits per heavy atom. The third-order valence-electron chi connectivity index (χ3n) is 5.84. The molecule has 0 N–H and O–H groups in total. The van der Waals surface area contributed by atoms with Crippen molar-refractivity contribution in [2.75, 3.05) is 39.5 Å². The molecular formula is C18H27N3O4. The highest BCUT2D eigenvalue weighted by Gasteiger charge is 2.45. The number of amides is 1. The highest BCUT2D eigenvalue weighted by atomic mass is 16.7. The Morgan fingerprint density at radius 2 is 2.12 bits per heavy atom. The zero-order chi connectivity index (χ0) is 17.4. The Morgan fingerprint density at radius 1 is 1.24 bits per heavy atom. The van der Waals surface area contributed by atoms with Gasteiger partial charge in [-0.3, -0.25) is 14.5 Å². The van der Waals surface area contributed by atoms with Crippen LogP contribution in [0.1, 0.15) is 29.9 Å². The first-order chi connectivity index (χ1) is 12.1. The second-order valence-corrected chi connectivity index (χ2v) is 7.55. The molecule has 0 aliphatic carbocycles. The molecule has 0 saturated carbocycles. The van der Waals surface area contributed by atoms with E-state index in [0.29, 0.717) is 31.6 Å². The van der Waals surface area contributed by atoms with Crippen LogP contribution < -0.4 is 0 Å². The van der Waals surface area contributed by atoms with E-state index in [1.807, 2.05) is 13.8 Å². The van der Waals surface area contributed by atoms with Crippen molar-refractivity contribution in [3.8, 4) is 0 Å². The fourth-order valence-corrected chi connectivity index (χ4v) is 4.38. The van der Waals surface area contributed by atoms with Crippen LogP contribution in [0.25, 0.3) is 0 Å². The van der Waals surface area contributed by atoms with Crippen LogP contribution in [0, 0.1) is 31.6 Å². The van der Waals surface area contributed by atoms with Crippen molar-refractivity contribution in [2.45, 2.75) is 33.2 Å². The molecule has 0 spiro atoms. The van der Waals surface area contributed by atoms with E-state index in [9.17, 15) is 4.79 Å². The first-order valence-corrected chi connectivity index (χ1v) is 9.29. The molecule has 3 fully saturated rings. The Kier molecular flexibility index (Phi) is 4.80. The molecule has 1 aromatic heterocycles. The van der Waals surface area contributed by atoms with E-state index in [1.165, 1.54) is 5.56 Å². The number of carbonyl (C=O) groups excluding carboxylic acids is 1. The van der Waals surface area contributed by atoms with Gasteiger partial charge in [-0.1, -0.05) is 5.16 Å². The minimum absolute atomic E-state index is 0.0912. The van der Waals surface area contributed by atoms with E-state index in [4.69, 9.17) is 14.1 Å². The van der Waals surface area contributed by atoms with Crippen molar-refractivity contribution in [3.05, 3.63) is 17.0 Å². The van der Waals surface area contributed by atoms with Gasteiger partial charge >= 0.3 is 0 Å². The van der Waals surface area contributed by atoms with Crippen molar-refractivity contribution < 1.29 is 18.9 Å². The molecule has 0 aromatic carbocycles. The van der Waals surface area contributed by atoms with Crippen molar-refractivity contribution in [2.24, 2.45) is 17.8 Å². The molecule has 3 aliphatic rings. The molecule has 0 bridgehead atoms. The monoisotopic (exact) mass is 349 g/mol. The van der Waals surface area contributed by atoms with Gasteiger partial charge in [-0.25, -0.2) is 5.06 Å². The molecule has 7 heteroatoms. The lowest BCUT2D eigenvalue weighted by Gasteiger charge is -2.36. The number of fused-ring (bicyclic) bond motifs is 1. The molecule has 0 unspecified atom stereocenters. The average Bonchev–Trinajstić information content (AvgIpc) is 3.19. The fourth-order valence-electron chi connectivity index (χ4n) is 4.38. The maximum Gasteiger partial charge on any atom is 0.251 e. The van der Waals surface area contributed by atoms with Crippen LogP contribution >= 0.6 is 0 Å². The lowest BCUT2D eigenvalue weighted by atomic mass is 9.82. The number of rotatable bonds is 3. The largest absolute Gasteiger partial charge is 0.380 e. The van der Waals surface area contributed by atoms with Crippen molar-refractivity contribution >= 4 is 5.91 Å². The summed E-state index contributed by atoms with van der Waals surface area (Å²) in [6.07, 6.45) is 2.05. The summed E-state index contributed by atoms with van der Waals surface area (Å²) >= 11 is 0. The zero-order valence-electron chi connectivity index (χ0n) is 15.1. The molecule has 4 heterocycles. The number of hydroxylamine groups is 2. The number of aryl methyl sites for hydroxylation is 2. The quantitative estimate of drug-likeness (QED) is 0.825. The molecule has 1 aromatic rings. The van der Waals surface area contributed by atoms with Crippen molar-refractivity contribution in [3.63, 3.8) is 0 Å². The Balaban J connectivity index is 1.44. The molecule has 1 amide bonds. The van der Waals surface area contributed by atoms with Gasteiger partial charge in [-0.15, -0.1) is 0 Å². The molecule has 3 atom stereocenters. The van der Waals surface area contributed by atoms with Gasteiger partial charge in [-0.05, 0) is 38.5 Å². The Hall–Kier alpha value is -1.44. The molecule has 4 rings (SSSR count). The molecule has 7 nitrogen and oxygen atoms in total. The second kappa shape index (κ2) is 7.05. The standard InChI is InChI=1S/C18H27N3O4/c1-12-15(13(2)25-19-12)8-20-7-14-10-23-11-17(16(14)9-20)18(22)21-5-3-4-6-24-21/h14,16-17H,3-11H2,1-2H3/t14-,16-,17-/m1/s1. The third-order valence-corrected chi connectivity index (χ3v) is 5.84. The summed E-state index contributed by atoms with van der Waals surface area (Å²) in [5, 5.41) is 5.63.